The van der Waals surface area contributed by atoms with Gasteiger partial charge < -0.3 is 24.4 Å². The monoisotopic (exact) mass is 673 g/mol. The highest BCUT2D eigenvalue weighted by Gasteiger charge is 2.14. The van der Waals surface area contributed by atoms with E-state index in [-0.39, 0.29) is 0 Å². The molecule has 1 aliphatic rings. The Balaban J connectivity index is 0.000000892. The van der Waals surface area contributed by atoms with E-state index in [4.69, 9.17) is 48.2 Å². The van der Waals surface area contributed by atoms with Crippen molar-refractivity contribution in [3.8, 4) is 11.5 Å². The number of hydrogen-bond acceptors (Lipinski definition) is 11. The molecule has 2 heterocycles. The van der Waals surface area contributed by atoms with Gasteiger partial charge in [-0.1, -0.05) is 41.0 Å². The molecule has 3 aromatic carbocycles. The second-order valence-corrected chi connectivity index (χ2v) is 11.5. The van der Waals surface area contributed by atoms with E-state index in [1.165, 1.54) is 6.33 Å². The van der Waals surface area contributed by atoms with Crippen LogP contribution in [0.1, 0.15) is 24.5 Å². The SMILES string of the molecule is COc1cc2ncnc(Nc3ccc(C(C)=NOCc4ccc(Cl)cc4)cc3)c2cc1OCCCN1CCOCC1.O=S(=O)(O)O. The van der Waals surface area contributed by atoms with Gasteiger partial charge in [0.05, 0.1) is 38.2 Å². The molecule has 0 bridgehead atoms. The van der Waals surface area contributed by atoms with Gasteiger partial charge in [0, 0.05) is 41.8 Å². The van der Waals surface area contributed by atoms with Crippen LogP contribution in [0.2, 0.25) is 5.02 Å². The molecular formula is C31H36ClN5O8S. The molecule has 0 spiro atoms. The minimum absolute atomic E-state index is 0.374. The smallest absolute Gasteiger partial charge is 0.394 e. The topological polar surface area (TPSA) is 165 Å². The van der Waals surface area contributed by atoms with E-state index in [2.05, 4.69) is 25.3 Å². The standard InChI is InChI=1S/C31H34ClN5O4.H2O4S/c1-22(36-41-20-23-4-8-25(32)9-5-23)24-6-10-26(11-7-24)35-31-27-18-30(29(38-2)19-28(27)33-21-34-31)40-15-3-12-37-13-16-39-17-14-37;1-5(2,3)4/h4-11,18-19,21H,3,12-17,20H2,1-2H3,(H,33,34,35);(H2,1,2,3,4). The molecule has 0 radical (unpaired) electrons. The number of ether oxygens (including phenoxy) is 3. The van der Waals surface area contributed by atoms with E-state index in [9.17, 15) is 0 Å². The summed E-state index contributed by atoms with van der Waals surface area (Å²) < 4.78 is 48.7. The van der Waals surface area contributed by atoms with Crippen LogP contribution in [0.3, 0.4) is 0 Å². The molecule has 0 atom stereocenters. The largest absolute Gasteiger partial charge is 0.493 e. The molecule has 3 N–H and O–H groups in total. The van der Waals surface area contributed by atoms with Crippen LogP contribution in [0.15, 0.2) is 72.1 Å². The molecule has 46 heavy (non-hydrogen) atoms. The number of fused-ring (bicyclic) bond motifs is 1. The Kier molecular flexibility index (Phi) is 12.9. The molecule has 4 aromatic rings. The Hall–Kier alpha value is -4.05. The third kappa shape index (κ3) is 11.4. The minimum Gasteiger partial charge on any atom is -0.493 e. The molecular weight excluding hydrogens is 638 g/mol. The number of nitrogens with one attached hydrogen (secondary N) is 1. The van der Waals surface area contributed by atoms with Gasteiger partial charge in [0.15, 0.2) is 11.5 Å². The molecule has 0 aliphatic carbocycles. The fourth-order valence-corrected chi connectivity index (χ4v) is 4.63. The van der Waals surface area contributed by atoms with Gasteiger partial charge in [0.25, 0.3) is 0 Å². The molecule has 246 valence electrons. The van der Waals surface area contributed by atoms with Gasteiger partial charge in [0.1, 0.15) is 18.8 Å². The van der Waals surface area contributed by atoms with Crippen molar-refractivity contribution in [3.63, 3.8) is 0 Å². The van der Waals surface area contributed by atoms with Crippen LogP contribution in [0.4, 0.5) is 11.5 Å². The van der Waals surface area contributed by atoms with E-state index in [1.807, 2.05) is 67.6 Å². The van der Waals surface area contributed by atoms with Crippen molar-refractivity contribution in [1.29, 1.82) is 0 Å². The van der Waals surface area contributed by atoms with Gasteiger partial charge in [-0.05, 0) is 54.8 Å². The highest BCUT2D eigenvalue weighted by Crippen LogP contribution is 2.35. The Morgan fingerprint density at radius 1 is 1.04 bits per heavy atom. The molecule has 5 rings (SSSR count). The Bertz CT molecular complexity index is 1690. The molecule has 15 heteroatoms. The van der Waals surface area contributed by atoms with Gasteiger partial charge >= 0.3 is 10.4 Å². The van der Waals surface area contributed by atoms with E-state index < -0.39 is 10.4 Å². The van der Waals surface area contributed by atoms with Crippen molar-refractivity contribution in [3.05, 3.63) is 83.1 Å². The summed E-state index contributed by atoms with van der Waals surface area (Å²) in [6.45, 7) is 7.38. The number of oxime groups is 1. The number of morpholine rings is 1. The van der Waals surface area contributed by atoms with Crippen LogP contribution in [0.25, 0.3) is 10.9 Å². The zero-order valence-corrected chi connectivity index (χ0v) is 27.0. The lowest BCUT2D eigenvalue weighted by Gasteiger charge is -2.26. The first-order chi connectivity index (χ1) is 22.1. The van der Waals surface area contributed by atoms with Crippen LogP contribution >= 0.6 is 11.6 Å². The zero-order chi connectivity index (χ0) is 32.9. The summed E-state index contributed by atoms with van der Waals surface area (Å²) in [6, 6.07) is 19.3. The number of aromatic nitrogens is 2. The maximum Gasteiger partial charge on any atom is 0.394 e. The van der Waals surface area contributed by atoms with E-state index >= 15 is 0 Å². The van der Waals surface area contributed by atoms with E-state index in [1.54, 1.807) is 7.11 Å². The van der Waals surface area contributed by atoms with Crippen molar-refractivity contribution in [2.75, 3.05) is 51.9 Å². The van der Waals surface area contributed by atoms with Crippen molar-refractivity contribution in [2.45, 2.75) is 20.0 Å². The van der Waals surface area contributed by atoms with Gasteiger partial charge in [-0.15, -0.1) is 0 Å². The highest BCUT2D eigenvalue weighted by molar-refractivity contribution is 7.79. The molecule has 1 aromatic heterocycles. The number of nitrogens with zero attached hydrogens (tertiary/aromatic N) is 4. The van der Waals surface area contributed by atoms with Crippen molar-refractivity contribution < 1.29 is 36.6 Å². The summed E-state index contributed by atoms with van der Waals surface area (Å²) in [4.78, 5) is 16.9. The lowest BCUT2D eigenvalue weighted by Crippen LogP contribution is -2.37. The Morgan fingerprint density at radius 3 is 2.41 bits per heavy atom. The maximum absolute atomic E-state index is 8.74. The summed E-state index contributed by atoms with van der Waals surface area (Å²) >= 11 is 5.94. The summed E-state index contributed by atoms with van der Waals surface area (Å²) in [7, 11) is -3.03. The first-order valence-electron chi connectivity index (χ1n) is 14.3. The molecule has 1 aliphatic heterocycles. The minimum atomic E-state index is -4.67. The van der Waals surface area contributed by atoms with Gasteiger partial charge in [-0.3, -0.25) is 14.0 Å². The molecule has 1 saturated heterocycles. The van der Waals surface area contributed by atoms with E-state index in [0.717, 1.165) is 72.7 Å². The molecule has 0 unspecified atom stereocenters. The lowest BCUT2D eigenvalue weighted by molar-refractivity contribution is 0.0357. The first kappa shape index (κ1) is 34.8. The number of methoxy groups -OCH3 is 1. The van der Waals surface area contributed by atoms with Crippen LogP contribution in [-0.4, -0.2) is 84.7 Å². The molecule has 1 fully saturated rings. The highest BCUT2D eigenvalue weighted by atomic mass is 35.5. The normalized spacial score (nSPS) is 13.9. The fraction of sp³-hybridized carbons (Fsp3) is 0.323. The Labute approximate surface area is 272 Å². The Morgan fingerprint density at radius 2 is 1.74 bits per heavy atom. The lowest BCUT2D eigenvalue weighted by atomic mass is 10.1. The zero-order valence-electron chi connectivity index (χ0n) is 25.4. The van der Waals surface area contributed by atoms with Gasteiger partial charge in [0.2, 0.25) is 0 Å². The number of hydrogen-bond donors (Lipinski definition) is 3. The summed E-state index contributed by atoms with van der Waals surface area (Å²) in [6.07, 6.45) is 2.45. The van der Waals surface area contributed by atoms with Crippen molar-refractivity contribution in [1.82, 2.24) is 14.9 Å². The third-order valence-corrected chi connectivity index (χ3v) is 7.06. The van der Waals surface area contributed by atoms with Crippen LogP contribution in [0.5, 0.6) is 11.5 Å². The van der Waals surface area contributed by atoms with Crippen LogP contribution in [0, 0.1) is 0 Å². The van der Waals surface area contributed by atoms with Gasteiger partial charge in [-0.25, -0.2) is 9.97 Å². The fourth-order valence-electron chi connectivity index (χ4n) is 4.50. The first-order valence-corrected chi connectivity index (χ1v) is 16.1. The predicted octanol–water partition coefficient (Wildman–Crippen LogP) is 5.42. The number of halogens is 1. The summed E-state index contributed by atoms with van der Waals surface area (Å²) in [5.74, 6) is 1.99. The third-order valence-electron chi connectivity index (χ3n) is 6.81. The predicted molar refractivity (Wildman–Crippen MR) is 176 cm³/mol. The molecule has 0 saturated carbocycles. The number of anilines is 2. The maximum atomic E-state index is 8.74. The second-order valence-electron chi connectivity index (χ2n) is 10.1. The molecule has 13 nitrogen and oxygen atoms in total. The van der Waals surface area contributed by atoms with Crippen molar-refractivity contribution >= 4 is 50.1 Å². The summed E-state index contributed by atoms with van der Waals surface area (Å²) in [5, 5.41) is 9.20. The van der Waals surface area contributed by atoms with Crippen molar-refractivity contribution in [2.24, 2.45) is 5.16 Å². The number of rotatable bonds is 12. The summed E-state index contributed by atoms with van der Waals surface area (Å²) in [5.41, 5.74) is 4.38. The van der Waals surface area contributed by atoms with Crippen LogP contribution in [-0.2, 0) is 26.6 Å². The number of benzene rings is 3. The van der Waals surface area contributed by atoms with Gasteiger partial charge in [-0.2, -0.15) is 8.42 Å². The average Bonchev–Trinajstić information content (AvgIpc) is 3.04. The van der Waals surface area contributed by atoms with Crippen LogP contribution < -0.4 is 14.8 Å². The quantitative estimate of drug-likeness (QED) is 0.0757. The van der Waals surface area contributed by atoms with E-state index in [0.29, 0.717) is 35.6 Å². The average molecular weight is 674 g/mol. The molecule has 0 amide bonds. The second kappa shape index (κ2) is 17.0.